The van der Waals surface area contributed by atoms with E-state index in [9.17, 15) is 21.6 Å². The highest BCUT2D eigenvalue weighted by Gasteiger charge is 2.28. The predicted molar refractivity (Wildman–Crippen MR) is 112 cm³/mol. The quantitative estimate of drug-likeness (QED) is 0.719. The van der Waals surface area contributed by atoms with Crippen molar-refractivity contribution < 1.29 is 21.6 Å². The summed E-state index contributed by atoms with van der Waals surface area (Å²) in [5, 5.41) is 2.72. The smallest absolute Gasteiger partial charge is 0.255 e. The van der Waals surface area contributed by atoms with Crippen molar-refractivity contribution in [3.63, 3.8) is 0 Å². The van der Waals surface area contributed by atoms with Crippen LogP contribution in [0.3, 0.4) is 0 Å². The Morgan fingerprint density at radius 3 is 2.17 bits per heavy atom. The normalized spacial score (nSPS) is 16.2. The minimum atomic E-state index is -3.62. The van der Waals surface area contributed by atoms with Gasteiger partial charge in [-0.25, -0.2) is 21.6 Å². The first-order valence-corrected chi connectivity index (χ1v) is 12.2. The molecule has 1 fully saturated rings. The first-order chi connectivity index (χ1) is 13.6. The maximum atomic E-state index is 12.4. The molecule has 2 N–H and O–H groups in total. The van der Waals surface area contributed by atoms with Gasteiger partial charge in [-0.2, -0.15) is 0 Å². The van der Waals surface area contributed by atoms with Gasteiger partial charge in [-0.3, -0.25) is 9.10 Å². The van der Waals surface area contributed by atoms with Crippen molar-refractivity contribution in [3.05, 3.63) is 54.1 Å². The zero-order chi connectivity index (χ0) is 21.2. The SMILES string of the molecule is CC(C)NS(=O)(=O)c1ccc(C(=O)Nc2ccc(N3CCCS3(=O)=O)cc2)cc1. The van der Waals surface area contributed by atoms with Crippen LogP contribution in [0.15, 0.2) is 53.4 Å². The van der Waals surface area contributed by atoms with E-state index in [1.807, 2.05) is 0 Å². The first-order valence-electron chi connectivity index (χ1n) is 9.13. The average Bonchev–Trinajstić information content (AvgIpc) is 3.00. The van der Waals surface area contributed by atoms with E-state index in [4.69, 9.17) is 0 Å². The van der Waals surface area contributed by atoms with Gasteiger partial charge in [0.1, 0.15) is 0 Å². The topological polar surface area (TPSA) is 113 Å². The number of hydrogen-bond donors (Lipinski definition) is 2. The zero-order valence-electron chi connectivity index (χ0n) is 16.1. The number of benzene rings is 2. The van der Waals surface area contributed by atoms with Gasteiger partial charge in [0.25, 0.3) is 5.91 Å². The van der Waals surface area contributed by atoms with Crippen molar-refractivity contribution in [2.75, 3.05) is 21.9 Å². The number of anilines is 2. The molecule has 2 aromatic carbocycles. The second-order valence-corrected chi connectivity index (χ2v) is 10.8. The Labute approximate surface area is 171 Å². The number of carbonyl (C=O) groups excluding carboxylic acids is 1. The predicted octanol–water partition coefficient (Wildman–Crippen LogP) is 2.17. The summed E-state index contributed by atoms with van der Waals surface area (Å²) in [6.45, 7) is 3.91. The van der Waals surface area contributed by atoms with Crippen molar-refractivity contribution in [1.82, 2.24) is 4.72 Å². The molecule has 0 spiro atoms. The molecule has 1 amide bonds. The lowest BCUT2D eigenvalue weighted by molar-refractivity contribution is 0.102. The maximum absolute atomic E-state index is 12.4. The number of carbonyl (C=O) groups is 1. The van der Waals surface area contributed by atoms with Crippen molar-refractivity contribution in [2.45, 2.75) is 31.2 Å². The molecule has 1 aliphatic heterocycles. The Morgan fingerprint density at radius 1 is 1.03 bits per heavy atom. The second-order valence-electron chi connectivity index (χ2n) is 7.04. The summed E-state index contributed by atoms with van der Waals surface area (Å²) < 4.78 is 52.1. The summed E-state index contributed by atoms with van der Waals surface area (Å²) in [4.78, 5) is 12.5. The number of nitrogens with one attached hydrogen (secondary N) is 2. The molecular formula is C19H23N3O5S2. The third kappa shape index (κ3) is 4.95. The van der Waals surface area contributed by atoms with Gasteiger partial charge in [-0.15, -0.1) is 0 Å². The van der Waals surface area contributed by atoms with Crippen LogP contribution in [0.25, 0.3) is 0 Å². The van der Waals surface area contributed by atoms with Crippen molar-refractivity contribution >= 4 is 37.3 Å². The summed E-state index contributed by atoms with van der Waals surface area (Å²) >= 11 is 0. The molecule has 1 saturated heterocycles. The summed E-state index contributed by atoms with van der Waals surface area (Å²) in [5.74, 6) is -0.253. The minimum absolute atomic E-state index is 0.0823. The van der Waals surface area contributed by atoms with Gasteiger partial charge >= 0.3 is 0 Å². The number of amides is 1. The van der Waals surface area contributed by atoms with Crippen molar-refractivity contribution in [2.24, 2.45) is 0 Å². The third-order valence-corrected chi connectivity index (χ3v) is 7.87. The van der Waals surface area contributed by atoms with Gasteiger partial charge in [0, 0.05) is 23.8 Å². The average molecular weight is 438 g/mol. The van der Waals surface area contributed by atoms with E-state index in [2.05, 4.69) is 10.0 Å². The Bertz CT molecular complexity index is 1090. The van der Waals surface area contributed by atoms with E-state index in [0.717, 1.165) is 0 Å². The van der Waals surface area contributed by atoms with Crippen LogP contribution in [0.1, 0.15) is 30.6 Å². The van der Waals surface area contributed by atoms with Gasteiger partial charge in [0.05, 0.1) is 16.3 Å². The fourth-order valence-electron chi connectivity index (χ4n) is 3.01. The highest BCUT2D eigenvalue weighted by molar-refractivity contribution is 7.93. The molecule has 0 aliphatic carbocycles. The Balaban J connectivity index is 1.69. The minimum Gasteiger partial charge on any atom is -0.322 e. The third-order valence-electron chi connectivity index (χ3n) is 4.33. The number of hydrogen-bond acceptors (Lipinski definition) is 5. The van der Waals surface area contributed by atoms with E-state index in [0.29, 0.717) is 29.9 Å². The van der Waals surface area contributed by atoms with E-state index in [1.165, 1.54) is 28.6 Å². The molecule has 1 aliphatic rings. The van der Waals surface area contributed by atoms with Crippen LogP contribution >= 0.6 is 0 Å². The highest BCUT2D eigenvalue weighted by Crippen LogP contribution is 2.25. The number of nitrogens with zero attached hydrogens (tertiary/aromatic N) is 1. The van der Waals surface area contributed by atoms with E-state index >= 15 is 0 Å². The molecule has 0 radical (unpaired) electrons. The first kappa shape index (κ1) is 21.3. The molecule has 0 saturated carbocycles. The van der Waals surface area contributed by atoms with Crippen LogP contribution in [0.5, 0.6) is 0 Å². The molecule has 2 aromatic rings. The lowest BCUT2D eigenvalue weighted by Crippen LogP contribution is -2.30. The molecule has 0 unspecified atom stereocenters. The van der Waals surface area contributed by atoms with Crippen LogP contribution in [0.4, 0.5) is 11.4 Å². The monoisotopic (exact) mass is 437 g/mol. The summed E-state index contributed by atoms with van der Waals surface area (Å²) in [6.07, 6.45) is 0.596. The summed E-state index contributed by atoms with van der Waals surface area (Å²) in [5.41, 5.74) is 1.38. The lowest BCUT2D eigenvalue weighted by atomic mass is 10.2. The summed E-state index contributed by atoms with van der Waals surface area (Å²) in [7, 11) is -6.87. The molecule has 156 valence electrons. The number of rotatable bonds is 6. The molecule has 1 heterocycles. The molecule has 10 heteroatoms. The molecule has 29 heavy (non-hydrogen) atoms. The Hall–Kier alpha value is -2.43. The Morgan fingerprint density at radius 2 is 1.66 bits per heavy atom. The van der Waals surface area contributed by atoms with E-state index in [1.54, 1.807) is 38.1 Å². The maximum Gasteiger partial charge on any atom is 0.255 e. The van der Waals surface area contributed by atoms with Crippen molar-refractivity contribution in [1.29, 1.82) is 0 Å². The second kappa shape index (κ2) is 8.13. The molecule has 0 aromatic heterocycles. The van der Waals surface area contributed by atoms with E-state index in [-0.39, 0.29) is 16.7 Å². The van der Waals surface area contributed by atoms with E-state index < -0.39 is 26.0 Å². The number of sulfonamides is 2. The zero-order valence-corrected chi connectivity index (χ0v) is 17.8. The van der Waals surface area contributed by atoms with Crippen LogP contribution < -0.4 is 14.3 Å². The van der Waals surface area contributed by atoms with Crippen LogP contribution in [-0.4, -0.2) is 41.1 Å². The Kier molecular flexibility index (Phi) is 5.97. The van der Waals surface area contributed by atoms with Gasteiger partial charge < -0.3 is 5.32 Å². The lowest BCUT2D eigenvalue weighted by Gasteiger charge is -2.17. The van der Waals surface area contributed by atoms with Crippen LogP contribution in [0.2, 0.25) is 0 Å². The van der Waals surface area contributed by atoms with Gasteiger partial charge in [-0.1, -0.05) is 0 Å². The fourth-order valence-corrected chi connectivity index (χ4v) is 5.82. The highest BCUT2D eigenvalue weighted by atomic mass is 32.2. The molecule has 0 bridgehead atoms. The molecular weight excluding hydrogens is 414 g/mol. The van der Waals surface area contributed by atoms with Gasteiger partial charge in [-0.05, 0) is 68.8 Å². The molecule has 3 rings (SSSR count). The molecule has 0 atom stereocenters. The molecule has 8 nitrogen and oxygen atoms in total. The van der Waals surface area contributed by atoms with Gasteiger partial charge in [0.15, 0.2) is 0 Å². The fraction of sp³-hybridized carbons (Fsp3) is 0.316. The van der Waals surface area contributed by atoms with Crippen LogP contribution in [0, 0.1) is 0 Å². The van der Waals surface area contributed by atoms with Crippen LogP contribution in [-0.2, 0) is 20.0 Å². The standard InChI is InChI=1S/C19H23N3O5S2/c1-14(2)21-29(26,27)18-10-4-15(5-11-18)19(23)20-16-6-8-17(9-7-16)22-12-3-13-28(22,24)25/h4-11,14,21H,3,12-13H2,1-2H3,(H,20,23). The largest absolute Gasteiger partial charge is 0.322 e. The van der Waals surface area contributed by atoms with Crippen molar-refractivity contribution in [3.8, 4) is 0 Å². The van der Waals surface area contributed by atoms with Gasteiger partial charge in [0.2, 0.25) is 20.0 Å². The summed E-state index contributed by atoms with van der Waals surface area (Å²) in [6, 6.07) is 11.9.